The summed E-state index contributed by atoms with van der Waals surface area (Å²) in [6, 6.07) is 0. The predicted octanol–water partition coefficient (Wildman–Crippen LogP) is 3.06. The van der Waals surface area contributed by atoms with Crippen molar-refractivity contribution in [3.63, 3.8) is 0 Å². The summed E-state index contributed by atoms with van der Waals surface area (Å²) in [5, 5.41) is 8.83. The van der Waals surface area contributed by atoms with Crippen LogP contribution in [0.2, 0.25) is 0 Å². The first-order chi connectivity index (χ1) is 8.82. The maximum atomic E-state index is 12.6. The third kappa shape index (κ3) is 5.21. The third-order valence-electron chi connectivity index (χ3n) is 3.83. The van der Waals surface area contributed by atoms with E-state index in [-0.39, 0.29) is 23.8 Å². The molecule has 0 heterocycles. The van der Waals surface area contributed by atoms with Gasteiger partial charge in [0, 0.05) is 18.0 Å². The second-order valence-electron chi connectivity index (χ2n) is 6.49. The molecule has 0 saturated heterocycles. The van der Waals surface area contributed by atoms with Crippen LogP contribution in [-0.2, 0) is 9.59 Å². The smallest absolute Gasteiger partial charge is 0.305 e. The lowest BCUT2D eigenvalue weighted by Gasteiger charge is -2.37. The molecule has 0 atom stereocenters. The standard InChI is InChI=1S/C15H27NO3/c1-15(2,3)16(11-10-13(17)18)14(19)12-8-6-4-5-7-9-12/h12H,4-11H2,1-3H3,(H,17,18). The average molecular weight is 269 g/mol. The number of carboxylic acid groups (broad SMARTS) is 1. The average Bonchev–Trinajstić information content (AvgIpc) is 2.55. The number of amides is 1. The van der Waals surface area contributed by atoms with Crippen molar-refractivity contribution in [2.75, 3.05) is 6.54 Å². The molecule has 4 heteroatoms. The van der Waals surface area contributed by atoms with Gasteiger partial charge in [-0.1, -0.05) is 25.7 Å². The fourth-order valence-corrected chi connectivity index (χ4v) is 2.73. The number of rotatable bonds is 4. The van der Waals surface area contributed by atoms with E-state index in [1.807, 2.05) is 20.8 Å². The molecule has 4 nitrogen and oxygen atoms in total. The van der Waals surface area contributed by atoms with Crippen LogP contribution < -0.4 is 0 Å². The SMILES string of the molecule is CC(C)(C)N(CCC(=O)O)C(=O)C1CCCCCC1. The Morgan fingerprint density at radius 1 is 1.11 bits per heavy atom. The number of hydrogen-bond donors (Lipinski definition) is 1. The van der Waals surface area contributed by atoms with E-state index in [0.29, 0.717) is 6.54 Å². The predicted molar refractivity (Wildman–Crippen MR) is 74.9 cm³/mol. The topological polar surface area (TPSA) is 57.6 Å². The van der Waals surface area contributed by atoms with Crippen LogP contribution in [-0.4, -0.2) is 34.0 Å². The lowest BCUT2D eigenvalue weighted by Crippen LogP contribution is -2.49. The number of aliphatic carboxylic acids is 1. The Bertz CT molecular complexity index is 312. The van der Waals surface area contributed by atoms with Gasteiger partial charge in [0.15, 0.2) is 0 Å². The van der Waals surface area contributed by atoms with E-state index in [4.69, 9.17) is 5.11 Å². The summed E-state index contributed by atoms with van der Waals surface area (Å²) in [5.41, 5.74) is -0.307. The lowest BCUT2D eigenvalue weighted by molar-refractivity contribution is -0.143. The first-order valence-corrected chi connectivity index (χ1v) is 7.35. The van der Waals surface area contributed by atoms with Crippen molar-refractivity contribution in [1.29, 1.82) is 0 Å². The summed E-state index contributed by atoms with van der Waals surface area (Å²) < 4.78 is 0. The molecule has 0 bridgehead atoms. The van der Waals surface area contributed by atoms with Crippen LogP contribution in [0.5, 0.6) is 0 Å². The first kappa shape index (κ1) is 16.0. The zero-order valence-electron chi connectivity index (χ0n) is 12.4. The molecule has 1 fully saturated rings. The summed E-state index contributed by atoms with van der Waals surface area (Å²) in [5.74, 6) is -0.603. The molecule has 0 unspecified atom stereocenters. The van der Waals surface area contributed by atoms with E-state index >= 15 is 0 Å². The molecular weight excluding hydrogens is 242 g/mol. The second-order valence-corrected chi connectivity index (χ2v) is 6.49. The van der Waals surface area contributed by atoms with E-state index in [1.54, 1.807) is 4.90 Å². The Hall–Kier alpha value is -1.06. The Labute approximate surface area is 116 Å². The minimum absolute atomic E-state index is 0.0235. The van der Waals surface area contributed by atoms with Crippen molar-refractivity contribution in [3.05, 3.63) is 0 Å². The monoisotopic (exact) mass is 269 g/mol. The minimum atomic E-state index is -0.845. The summed E-state index contributed by atoms with van der Waals surface area (Å²) in [6.45, 7) is 6.24. The van der Waals surface area contributed by atoms with Gasteiger partial charge in [0.1, 0.15) is 0 Å². The molecule has 1 aliphatic rings. The van der Waals surface area contributed by atoms with Gasteiger partial charge >= 0.3 is 5.97 Å². The van der Waals surface area contributed by atoms with Gasteiger partial charge in [-0.15, -0.1) is 0 Å². The van der Waals surface area contributed by atoms with Crippen LogP contribution in [0, 0.1) is 5.92 Å². The van der Waals surface area contributed by atoms with Gasteiger partial charge in [0.05, 0.1) is 6.42 Å². The Morgan fingerprint density at radius 2 is 1.63 bits per heavy atom. The van der Waals surface area contributed by atoms with E-state index in [1.165, 1.54) is 12.8 Å². The highest BCUT2D eigenvalue weighted by Gasteiger charge is 2.31. The first-order valence-electron chi connectivity index (χ1n) is 7.35. The summed E-state index contributed by atoms with van der Waals surface area (Å²) in [6.07, 6.45) is 6.61. The molecule has 1 amide bonds. The van der Waals surface area contributed by atoms with Gasteiger partial charge < -0.3 is 10.0 Å². The molecule has 0 aliphatic heterocycles. The Balaban J connectivity index is 2.72. The molecule has 0 radical (unpaired) electrons. The van der Waals surface area contributed by atoms with Crippen LogP contribution in [0.4, 0.5) is 0 Å². The fourth-order valence-electron chi connectivity index (χ4n) is 2.73. The molecule has 19 heavy (non-hydrogen) atoms. The zero-order valence-corrected chi connectivity index (χ0v) is 12.4. The molecule has 1 saturated carbocycles. The van der Waals surface area contributed by atoms with Gasteiger partial charge in [-0.3, -0.25) is 9.59 Å². The molecule has 1 aliphatic carbocycles. The van der Waals surface area contributed by atoms with Gasteiger partial charge in [0.2, 0.25) is 5.91 Å². The quantitative estimate of drug-likeness (QED) is 0.798. The number of nitrogens with zero attached hydrogens (tertiary/aromatic N) is 1. The summed E-state index contributed by atoms with van der Waals surface area (Å²) in [4.78, 5) is 25.2. The minimum Gasteiger partial charge on any atom is -0.481 e. The summed E-state index contributed by atoms with van der Waals surface area (Å²) >= 11 is 0. The molecule has 1 rings (SSSR count). The van der Waals surface area contributed by atoms with Gasteiger partial charge in [-0.2, -0.15) is 0 Å². The lowest BCUT2D eigenvalue weighted by atomic mass is 9.95. The van der Waals surface area contributed by atoms with Crippen molar-refractivity contribution in [3.8, 4) is 0 Å². The van der Waals surface area contributed by atoms with E-state index < -0.39 is 5.97 Å². The highest BCUT2D eigenvalue weighted by Crippen LogP contribution is 2.27. The van der Waals surface area contributed by atoms with Gasteiger partial charge in [-0.25, -0.2) is 0 Å². The molecule has 0 aromatic heterocycles. The maximum Gasteiger partial charge on any atom is 0.305 e. The Kier molecular flexibility index (Phi) is 5.83. The molecular formula is C15H27NO3. The zero-order chi connectivity index (χ0) is 14.5. The normalized spacial score (nSPS) is 17.8. The van der Waals surface area contributed by atoms with E-state index in [2.05, 4.69) is 0 Å². The molecule has 110 valence electrons. The highest BCUT2D eigenvalue weighted by molar-refractivity contribution is 5.80. The van der Waals surface area contributed by atoms with Crippen LogP contribution >= 0.6 is 0 Å². The van der Waals surface area contributed by atoms with Crippen molar-refractivity contribution >= 4 is 11.9 Å². The molecule has 0 aromatic carbocycles. The van der Waals surface area contributed by atoms with Gasteiger partial charge in [0.25, 0.3) is 0 Å². The number of hydrogen-bond acceptors (Lipinski definition) is 2. The van der Waals surface area contributed by atoms with Gasteiger partial charge in [-0.05, 0) is 33.6 Å². The number of carboxylic acids is 1. The highest BCUT2D eigenvalue weighted by atomic mass is 16.4. The molecule has 0 spiro atoms. The van der Waals surface area contributed by atoms with Crippen molar-refractivity contribution in [2.45, 2.75) is 71.3 Å². The van der Waals surface area contributed by atoms with Crippen LogP contribution in [0.25, 0.3) is 0 Å². The summed E-state index contributed by atoms with van der Waals surface area (Å²) in [7, 11) is 0. The second kappa shape index (κ2) is 6.92. The number of carbonyl (C=O) groups excluding carboxylic acids is 1. The third-order valence-corrected chi connectivity index (χ3v) is 3.83. The fraction of sp³-hybridized carbons (Fsp3) is 0.867. The van der Waals surface area contributed by atoms with Crippen LogP contribution in [0.3, 0.4) is 0 Å². The number of carbonyl (C=O) groups is 2. The van der Waals surface area contributed by atoms with E-state index in [0.717, 1.165) is 25.7 Å². The molecule has 1 N–H and O–H groups in total. The van der Waals surface area contributed by atoms with E-state index in [9.17, 15) is 9.59 Å². The Morgan fingerprint density at radius 3 is 2.05 bits per heavy atom. The van der Waals surface area contributed by atoms with Crippen LogP contribution in [0.1, 0.15) is 65.7 Å². The largest absolute Gasteiger partial charge is 0.481 e. The van der Waals surface area contributed by atoms with Crippen molar-refractivity contribution in [1.82, 2.24) is 4.90 Å². The molecule has 0 aromatic rings. The maximum absolute atomic E-state index is 12.6. The van der Waals surface area contributed by atoms with Crippen molar-refractivity contribution < 1.29 is 14.7 Å². The van der Waals surface area contributed by atoms with Crippen LogP contribution in [0.15, 0.2) is 0 Å². The van der Waals surface area contributed by atoms with Crippen molar-refractivity contribution in [2.24, 2.45) is 5.92 Å².